The molecule has 1 saturated heterocycles. The van der Waals surface area contributed by atoms with E-state index < -0.39 is 0 Å². The van der Waals surface area contributed by atoms with Gasteiger partial charge < -0.3 is 10.6 Å². The third kappa shape index (κ3) is 2.71. The molecule has 2 aliphatic rings. The minimum absolute atomic E-state index is 0.594. The summed E-state index contributed by atoms with van der Waals surface area (Å²) in [4.78, 5) is 7.00. The van der Waals surface area contributed by atoms with E-state index in [4.69, 9.17) is 5.73 Å². The van der Waals surface area contributed by atoms with Crippen molar-refractivity contribution in [3.8, 4) is 0 Å². The Hall–Kier alpha value is -0.570. The maximum Gasteiger partial charge on any atom is 0.0969 e. The first-order chi connectivity index (χ1) is 7.27. The highest BCUT2D eigenvalue weighted by Gasteiger charge is 2.22. The SMILES string of the molecule is CN1CCCC1CN=C(N)C1CCCC1. The van der Waals surface area contributed by atoms with E-state index in [0.717, 1.165) is 12.4 Å². The van der Waals surface area contributed by atoms with Crippen molar-refractivity contribution >= 4 is 5.84 Å². The molecule has 0 spiro atoms. The summed E-state index contributed by atoms with van der Waals surface area (Å²) in [5.74, 6) is 1.52. The number of nitrogens with two attached hydrogens (primary N) is 1. The molecule has 0 bridgehead atoms. The van der Waals surface area contributed by atoms with Gasteiger partial charge in [-0.2, -0.15) is 0 Å². The smallest absolute Gasteiger partial charge is 0.0969 e. The average molecular weight is 209 g/mol. The quantitative estimate of drug-likeness (QED) is 0.567. The fraction of sp³-hybridized carbons (Fsp3) is 0.917. The van der Waals surface area contributed by atoms with E-state index in [9.17, 15) is 0 Å². The van der Waals surface area contributed by atoms with Crippen LogP contribution in [0, 0.1) is 5.92 Å². The Morgan fingerprint density at radius 1 is 1.27 bits per heavy atom. The van der Waals surface area contributed by atoms with E-state index in [1.165, 1.54) is 45.1 Å². The van der Waals surface area contributed by atoms with Crippen LogP contribution in [0.2, 0.25) is 0 Å². The first kappa shape index (κ1) is 10.9. The van der Waals surface area contributed by atoms with Gasteiger partial charge in [0, 0.05) is 12.0 Å². The standard InChI is InChI=1S/C12H23N3/c1-15-8-4-7-11(15)9-14-12(13)10-5-2-3-6-10/h10-11H,2-9H2,1H3,(H2,13,14). The average Bonchev–Trinajstić information content (AvgIpc) is 2.85. The Morgan fingerprint density at radius 3 is 2.60 bits per heavy atom. The van der Waals surface area contributed by atoms with E-state index in [1.807, 2.05) is 0 Å². The lowest BCUT2D eigenvalue weighted by Crippen LogP contribution is -2.30. The lowest BCUT2D eigenvalue weighted by atomic mass is 10.1. The third-order valence-corrected chi connectivity index (χ3v) is 3.93. The number of nitrogens with zero attached hydrogens (tertiary/aromatic N) is 2. The van der Waals surface area contributed by atoms with Crippen molar-refractivity contribution < 1.29 is 0 Å². The van der Waals surface area contributed by atoms with Crippen LogP contribution in [0.4, 0.5) is 0 Å². The molecule has 1 saturated carbocycles. The lowest BCUT2D eigenvalue weighted by molar-refractivity contribution is 0.317. The van der Waals surface area contributed by atoms with Gasteiger partial charge >= 0.3 is 0 Å². The molecule has 3 nitrogen and oxygen atoms in total. The van der Waals surface area contributed by atoms with Crippen LogP contribution in [0.25, 0.3) is 0 Å². The van der Waals surface area contributed by atoms with Crippen LogP contribution in [0.5, 0.6) is 0 Å². The van der Waals surface area contributed by atoms with Gasteiger partial charge in [-0.25, -0.2) is 0 Å². The Labute approximate surface area is 92.7 Å². The molecule has 15 heavy (non-hydrogen) atoms. The normalized spacial score (nSPS) is 30.2. The van der Waals surface area contributed by atoms with Crippen molar-refractivity contribution in [2.45, 2.75) is 44.6 Å². The van der Waals surface area contributed by atoms with Gasteiger partial charge in [-0.15, -0.1) is 0 Å². The zero-order chi connectivity index (χ0) is 10.7. The minimum atomic E-state index is 0.594. The van der Waals surface area contributed by atoms with Gasteiger partial charge in [-0.1, -0.05) is 12.8 Å². The number of aliphatic imine (C=N–C) groups is 1. The zero-order valence-corrected chi connectivity index (χ0v) is 9.78. The van der Waals surface area contributed by atoms with Gasteiger partial charge in [0.2, 0.25) is 0 Å². The van der Waals surface area contributed by atoms with Crippen molar-refractivity contribution in [3.05, 3.63) is 0 Å². The van der Waals surface area contributed by atoms with Crippen LogP contribution in [-0.2, 0) is 0 Å². The molecule has 2 N–H and O–H groups in total. The Kier molecular flexibility index (Phi) is 3.62. The highest BCUT2D eigenvalue weighted by atomic mass is 15.2. The Balaban J connectivity index is 1.81. The van der Waals surface area contributed by atoms with Gasteiger partial charge in [0.1, 0.15) is 0 Å². The first-order valence-electron chi connectivity index (χ1n) is 6.27. The summed E-state index contributed by atoms with van der Waals surface area (Å²) in [6.45, 7) is 2.14. The molecule has 1 aliphatic carbocycles. The summed E-state index contributed by atoms with van der Waals surface area (Å²) in [7, 11) is 2.19. The molecule has 0 aromatic rings. The molecule has 0 radical (unpaired) electrons. The largest absolute Gasteiger partial charge is 0.387 e. The van der Waals surface area contributed by atoms with Crippen LogP contribution >= 0.6 is 0 Å². The first-order valence-corrected chi connectivity index (χ1v) is 6.27. The molecule has 3 heteroatoms. The summed E-state index contributed by atoms with van der Waals surface area (Å²) in [5, 5.41) is 0. The van der Waals surface area contributed by atoms with Crippen molar-refractivity contribution in [3.63, 3.8) is 0 Å². The molecule has 86 valence electrons. The van der Waals surface area contributed by atoms with Gasteiger partial charge in [0.05, 0.1) is 12.4 Å². The fourth-order valence-electron chi connectivity index (χ4n) is 2.77. The predicted molar refractivity (Wildman–Crippen MR) is 64.1 cm³/mol. The van der Waals surface area contributed by atoms with Gasteiger partial charge in [0.15, 0.2) is 0 Å². The van der Waals surface area contributed by atoms with E-state index in [1.54, 1.807) is 0 Å². The molecule has 0 aromatic heterocycles. The Bertz CT molecular complexity index is 231. The molecule has 1 atom stereocenters. The number of likely N-dealkylation sites (tertiary alicyclic amines) is 1. The maximum atomic E-state index is 6.03. The number of hydrogen-bond acceptors (Lipinski definition) is 2. The molecule has 0 aromatic carbocycles. The summed E-state index contributed by atoms with van der Waals surface area (Å²) in [6, 6.07) is 0.643. The molecule has 1 unspecified atom stereocenters. The van der Waals surface area contributed by atoms with Gasteiger partial charge in [-0.3, -0.25) is 4.99 Å². The summed E-state index contributed by atoms with van der Waals surface area (Å²) in [6.07, 6.45) is 7.80. The van der Waals surface area contributed by atoms with Crippen molar-refractivity contribution in [1.82, 2.24) is 4.90 Å². The molecule has 2 rings (SSSR count). The highest BCUT2D eigenvalue weighted by Crippen LogP contribution is 2.25. The fourth-order valence-corrected chi connectivity index (χ4v) is 2.77. The summed E-state index contributed by atoms with van der Waals surface area (Å²) >= 11 is 0. The van der Waals surface area contributed by atoms with Gasteiger partial charge in [-0.05, 0) is 39.3 Å². The third-order valence-electron chi connectivity index (χ3n) is 3.93. The van der Waals surface area contributed by atoms with E-state index in [-0.39, 0.29) is 0 Å². The number of amidine groups is 1. The molecule has 2 fully saturated rings. The van der Waals surface area contributed by atoms with Gasteiger partial charge in [0.25, 0.3) is 0 Å². The van der Waals surface area contributed by atoms with E-state index in [2.05, 4.69) is 16.9 Å². The van der Waals surface area contributed by atoms with E-state index in [0.29, 0.717) is 12.0 Å². The lowest BCUT2D eigenvalue weighted by Gasteiger charge is -2.18. The summed E-state index contributed by atoms with van der Waals surface area (Å²) < 4.78 is 0. The van der Waals surface area contributed by atoms with Crippen molar-refractivity contribution in [1.29, 1.82) is 0 Å². The van der Waals surface area contributed by atoms with Crippen molar-refractivity contribution in [2.24, 2.45) is 16.6 Å². The Morgan fingerprint density at radius 2 is 2.00 bits per heavy atom. The second-order valence-corrected chi connectivity index (χ2v) is 5.02. The second kappa shape index (κ2) is 4.97. The maximum absolute atomic E-state index is 6.03. The highest BCUT2D eigenvalue weighted by molar-refractivity contribution is 5.83. The zero-order valence-electron chi connectivity index (χ0n) is 9.78. The molecule has 1 aliphatic heterocycles. The molecule has 0 amide bonds. The minimum Gasteiger partial charge on any atom is -0.387 e. The molecule has 1 heterocycles. The topological polar surface area (TPSA) is 41.6 Å². The number of likely N-dealkylation sites (N-methyl/N-ethyl adjacent to an activating group) is 1. The summed E-state index contributed by atoms with van der Waals surface area (Å²) in [5.41, 5.74) is 6.03. The number of hydrogen-bond donors (Lipinski definition) is 1. The van der Waals surface area contributed by atoms with Crippen LogP contribution < -0.4 is 5.73 Å². The van der Waals surface area contributed by atoms with Crippen LogP contribution in [-0.4, -0.2) is 36.9 Å². The van der Waals surface area contributed by atoms with Crippen LogP contribution in [0.3, 0.4) is 0 Å². The van der Waals surface area contributed by atoms with Crippen LogP contribution in [0.15, 0.2) is 4.99 Å². The predicted octanol–water partition coefficient (Wildman–Crippen LogP) is 1.63. The monoisotopic (exact) mass is 209 g/mol. The van der Waals surface area contributed by atoms with E-state index >= 15 is 0 Å². The van der Waals surface area contributed by atoms with Crippen molar-refractivity contribution in [2.75, 3.05) is 20.1 Å². The van der Waals surface area contributed by atoms with Crippen LogP contribution in [0.1, 0.15) is 38.5 Å². The second-order valence-electron chi connectivity index (χ2n) is 5.02. The molecular formula is C12H23N3. The molecular weight excluding hydrogens is 186 g/mol. The number of rotatable bonds is 3.